The second-order valence-electron chi connectivity index (χ2n) is 5.81. The molecule has 114 valence electrons. The molecular formula is C9H21BCl6Si3. The van der Waals surface area contributed by atoms with Crippen molar-refractivity contribution in [2.75, 3.05) is 0 Å². The predicted octanol–water partition coefficient (Wildman–Crippen LogP) is 6.92. The van der Waals surface area contributed by atoms with Crippen LogP contribution >= 0.6 is 66.5 Å². The lowest BCUT2D eigenvalue weighted by atomic mass is 9.42. The molecule has 0 aliphatic heterocycles. The summed E-state index contributed by atoms with van der Waals surface area (Å²) in [5, 5.41) is 0. The number of hydrogen-bond acceptors (Lipinski definition) is 0. The molecule has 0 heterocycles. The Kier molecular flexibility index (Phi) is 8.30. The summed E-state index contributed by atoms with van der Waals surface area (Å²) in [5.41, 5.74) is 0.401. The standard InChI is InChI=1S/C9H21BCl6Si3/c1-7(17(4,11)12)10(8(2)18(5,13)14)9(3)19(6,15)16/h7-9H,1-6H3. The smallest absolute Gasteiger partial charge is 0.147 e. The average molecular weight is 437 g/mol. The Morgan fingerprint density at radius 3 is 0.842 bits per heavy atom. The number of rotatable bonds is 6. The molecule has 3 atom stereocenters. The van der Waals surface area contributed by atoms with Crippen molar-refractivity contribution in [1.82, 2.24) is 0 Å². The first-order valence-corrected chi connectivity index (χ1v) is 20.0. The van der Waals surface area contributed by atoms with Gasteiger partial charge in [-0.3, -0.25) is 0 Å². The van der Waals surface area contributed by atoms with Crippen LogP contribution in [0.1, 0.15) is 20.8 Å². The van der Waals surface area contributed by atoms with E-state index in [1.165, 1.54) is 0 Å². The van der Waals surface area contributed by atoms with Gasteiger partial charge in [-0.2, -0.15) is 0 Å². The molecule has 0 fully saturated rings. The molecule has 0 amide bonds. The minimum absolute atomic E-state index is 0.134. The highest BCUT2D eigenvalue weighted by molar-refractivity contribution is 7.52. The zero-order valence-corrected chi connectivity index (χ0v) is 19.6. The van der Waals surface area contributed by atoms with Crippen molar-refractivity contribution in [3.05, 3.63) is 0 Å². The van der Waals surface area contributed by atoms with E-state index in [0.717, 1.165) is 0 Å². The van der Waals surface area contributed by atoms with E-state index in [0.29, 0.717) is 0 Å². The fourth-order valence-electron chi connectivity index (χ4n) is 2.31. The van der Waals surface area contributed by atoms with E-state index in [2.05, 4.69) is 20.8 Å². The Bertz CT molecular complexity index is 250. The minimum Gasteiger partial charge on any atom is -0.147 e. The monoisotopic (exact) mass is 434 g/mol. The van der Waals surface area contributed by atoms with Crippen LogP contribution in [0.3, 0.4) is 0 Å². The van der Waals surface area contributed by atoms with Crippen LogP contribution < -0.4 is 0 Å². The lowest BCUT2D eigenvalue weighted by molar-refractivity contribution is 1.08. The molecule has 0 aromatic carbocycles. The third-order valence-corrected chi connectivity index (χ3v) is 16.3. The van der Waals surface area contributed by atoms with Crippen LogP contribution in [0, 0.1) is 0 Å². The van der Waals surface area contributed by atoms with Gasteiger partial charge in [-0.05, 0) is 36.0 Å². The maximum atomic E-state index is 6.43. The van der Waals surface area contributed by atoms with Crippen molar-refractivity contribution < 1.29 is 0 Å². The normalized spacial score (nSPS) is 18.9. The van der Waals surface area contributed by atoms with Crippen LogP contribution in [0.25, 0.3) is 0 Å². The lowest BCUT2D eigenvalue weighted by Crippen LogP contribution is -2.49. The van der Waals surface area contributed by atoms with E-state index in [4.69, 9.17) is 66.5 Å². The lowest BCUT2D eigenvalue weighted by Gasteiger charge is -2.40. The van der Waals surface area contributed by atoms with Gasteiger partial charge in [0.2, 0.25) is 20.1 Å². The van der Waals surface area contributed by atoms with Crippen LogP contribution in [0.5, 0.6) is 0 Å². The molecule has 0 spiro atoms. The molecule has 0 rings (SSSR count). The van der Waals surface area contributed by atoms with Gasteiger partial charge >= 0.3 is 0 Å². The van der Waals surface area contributed by atoms with Crippen molar-refractivity contribution >= 4 is 93.3 Å². The quantitative estimate of drug-likeness (QED) is 0.313. The SMILES string of the molecule is CC(B(C(C)[Si](C)(Cl)Cl)C(C)[Si](C)(Cl)Cl)[Si](C)(Cl)Cl. The highest BCUT2D eigenvalue weighted by Crippen LogP contribution is 2.48. The molecule has 19 heavy (non-hydrogen) atoms. The molecule has 0 aromatic heterocycles. The summed E-state index contributed by atoms with van der Waals surface area (Å²) in [7, 11) is 0. The molecule has 0 saturated carbocycles. The third kappa shape index (κ3) is 6.61. The summed E-state index contributed by atoms with van der Waals surface area (Å²) in [6.07, 6.45) is 0. The zero-order valence-electron chi connectivity index (χ0n) is 12.1. The first-order chi connectivity index (χ1) is 8.10. The molecule has 0 radical (unpaired) electrons. The van der Waals surface area contributed by atoms with Gasteiger partial charge < -0.3 is 0 Å². The van der Waals surface area contributed by atoms with Gasteiger partial charge in [0.15, 0.2) is 0 Å². The van der Waals surface area contributed by atoms with Gasteiger partial charge in [-0.1, -0.05) is 20.8 Å². The topological polar surface area (TPSA) is 0 Å². The summed E-state index contributed by atoms with van der Waals surface area (Å²) in [4.78, 5) is 0. The van der Waals surface area contributed by atoms with Crippen LogP contribution in [0.4, 0.5) is 0 Å². The zero-order chi connectivity index (χ0) is 15.8. The van der Waals surface area contributed by atoms with Gasteiger partial charge in [0, 0.05) is 0 Å². The molecule has 0 aliphatic rings. The van der Waals surface area contributed by atoms with Gasteiger partial charge in [0.1, 0.15) is 6.71 Å². The van der Waals surface area contributed by atoms with E-state index in [-0.39, 0.29) is 23.0 Å². The molecule has 3 unspecified atom stereocenters. The van der Waals surface area contributed by atoms with E-state index in [1.54, 1.807) is 0 Å². The van der Waals surface area contributed by atoms with Crippen molar-refractivity contribution in [2.24, 2.45) is 0 Å². The summed E-state index contributed by atoms with van der Waals surface area (Å²) >= 11 is 38.6. The van der Waals surface area contributed by atoms with Crippen LogP contribution in [0.2, 0.25) is 36.0 Å². The summed E-state index contributed by atoms with van der Waals surface area (Å²) in [6.45, 7) is 5.10. The van der Waals surface area contributed by atoms with Crippen molar-refractivity contribution in [3.63, 3.8) is 0 Å². The first-order valence-electron chi connectivity index (χ1n) is 6.23. The van der Waals surface area contributed by atoms with Gasteiger partial charge in [0.25, 0.3) is 0 Å². The average Bonchev–Trinajstić information content (AvgIpc) is 2.13. The summed E-state index contributed by atoms with van der Waals surface area (Å²) < 4.78 is 0. The molecule has 0 N–H and O–H groups in total. The molecule has 0 aliphatic carbocycles. The maximum Gasteiger partial charge on any atom is 0.244 e. The molecule has 0 saturated heterocycles. The number of hydrogen-bond donors (Lipinski definition) is 0. The highest BCUT2D eigenvalue weighted by atomic mass is 35.7. The Morgan fingerprint density at radius 1 is 0.579 bits per heavy atom. The fraction of sp³-hybridized carbons (Fsp3) is 1.00. The number of halogens is 6. The molecule has 0 nitrogen and oxygen atoms in total. The van der Waals surface area contributed by atoms with E-state index >= 15 is 0 Å². The minimum atomic E-state index is -2.35. The Hall–Kier alpha value is 2.46. The first kappa shape index (κ1) is 21.5. The van der Waals surface area contributed by atoms with Crippen molar-refractivity contribution in [2.45, 2.75) is 56.7 Å². The van der Waals surface area contributed by atoms with Crippen LogP contribution in [-0.4, -0.2) is 26.8 Å². The second-order valence-corrected chi connectivity index (χ2v) is 30.2. The van der Waals surface area contributed by atoms with E-state index < -0.39 is 20.1 Å². The second kappa shape index (κ2) is 7.35. The highest BCUT2D eigenvalue weighted by Gasteiger charge is 2.52. The third-order valence-electron chi connectivity index (χ3n) is 4.13. The summed E-state index contributed by atoms with van der Waals surface area (Å²) in [5.74, 6) is 0. The molecular weight excluding hydrogens is 416 g/mol. The van der Waals surface area contributed by atoms with Crippen LogP contribution in [-0.2, 0) is 0 Å². The van der Waals surface area contributed by atoms with Gasteiger partial charge in [-0.25, -0.2) is 0 Å². The maximum absolute atomic E-state index is 6.43. The fourth-order valence-corrected chi connectivity index (χ4v) is 9.27. The molecule has 10 heteroatoms. The van der Waals surface area contributed by atoms with Gasteiger partial charge in [-0.15, -0.1) is 66.5 Å². The molecule has 0 bridgehead atoms. The largest absolute Gasteiger partial charge is 0.244 e. The van der Waals surface area contributed by atoms with Crippen molar-refractivity contribution in [1.29, 1.82) is 0 Å². The predicted molar refractivity (Wildman–Crippen MR) is 104 cm³/mol. The summed E-state index contributed by atoms with van der Waals surface area (Å²) in [6, 6.07) is 0. The van der Waals surface area contributed by atoms with Crippen LogP contribution in [0.15, 0.2) is 0 Å². The Balaban J connectivity index is 5.52. The Labute approximate surface area is 149 Å². The Morgan fingerprint density at radius 2 is 0.737 bits per heavy atom. The van der Waals surface area contributed by atoms with E-state index in [9.17, 15) is 0 Å². The van der Waals surface area contributed by atoms with Gasteiger partial charge in [0.05, 0.1) is 0 Å². The molecule has 0 aromatic rings. The van der Waals surface area contributed by atoms with E-state index in [1.807, 2.05) is 19.6 Å². The van der Waals surface area contributed by atoms with Crippen molar-refractivity contribution in [3.8, 4) is 0 Å².